The Labute approximate surface area is 152 Å². The summed E-state index contributed by atoms with van der Waals surface area (Å²) in [5, 5.41) is 18.1. The summed E-state index contributed by atoms with van der Waals surface area (Å²) < 4.78 is 1.58. The van der Waals surface area contributed by atoms with E-state index in [0.717, 1.165) is 5.39 Å². The van der Waals surface area contributed by atoms with Crippen molar-refractivity contribution in [2.45, 2.75) is 0 Å². The third-order valence-corrected chi connectivity index (χ3v) is 4.01. The number of nitrogen functional groups attached to an aromatic ring is 1. The Morgan fingerprint density at radius 1 is 1.19 bits per heavy atom. The molecule has 4 rings (SSSR count). The summed E-state index contributed by atoms with van der Waals surface area (Å²) in [6.45, 7) is 0. The fraction of sp³-hybridized carbons (Fsp3) is 0. The van der Waals surface area contributed by atoms with Crippen LogP contribution < -0.4 is 11.1 Å². The second-order valence-corrected chi connectivity index (χ2v) is 5.77. The highest BCUT2D eigenvalue weighted by atomic mass is 35.5. The molecule has 0 aliphatic rings. The highest BCUT2D eigenvalue weighted by molar-refractivity contribution is 6.32. The number of aromatic nitrogens is 5. The third kappa shape index (κ3) is 2.76. The standard InChI is InChI=1S/C17H11ClN8/c18-12-3-1-2-10(7-19)16(12)26-8-11-13(25-26)4-5-21-17(11)24-15-6-14(20)22-9-23-15/h1-6,8-9H,(H3,20,21,22,23,24). The number of hydrogen-bond acceptors (Lipinski definition) is 7. The van der Waals surface area contributed by atoms with Crippen molar-refractivity contribution in [1.82, 2.24) is 24.7 Å². The molecular weight excluding hydrogens is 352 g/mol. The molecule has 0 radical (unpaired) electrons. The summed E-state index contributed by atoms with van der Waals surface area (Å²) in [6.07, 6.45) is 4.76. The van der Waals surface area contributed by atoms with Gasteiger partial charge in [-0.15, -0.1) is 0 Å². The van der Waals surface area contributed by atoms with Gasteiger partial charge in [-0.05, 0) is 18.2 Å². The van der Waals surface area contributed by atoms with Gasteiger partial charge in [-0.3, -0.25) is 0 Å². The number of nitriles is 1. The van der Waals surface area contributed by atoms with Crippen molar-refractivity contribution in [2.24, 2.45) is 0 Å². The van der Waals surface area contributed by atoms with Crippen molar-refractivity contribution in [2.75, 3.05) is 11.1 Å². The van der Waals surface area contributed by atoms with Crippen molar-refractivity contribution < 1.29 is 0 Å². The van der Waals surface area contributed by atoms with Gasteiger partial charge in [-0.25, -0.2) is 19.6 Å². The number of fused-ring (bicyclic) bond motifs is 1. The minimum atomic E-state index is 0.347. The van der Waals surface area contributed by atoms with Gasteiger partial charge in [0.15, 0.2) is 0 Å². The average molecular weight is 363 g/mol. The zero-order valence-corrected chi connectivity index (χ0v) is 14.0. The molecule has 0 atom stereocenters. The van der Waals surface area contributed by atoms with Crippen LogP contribution in [0.15, 0.2) is 49.1 Å². The lowest BCUT2D eigenvalue weighted by Crippen LogP contribution is -1.99. The third-order valence-electron chi connectivity index (χ3n) is 3.71. The lowest BCUT2D eigenvalue weighted by Gasteiger charge is -2.06. The minimum absolute atomic E-state index is 0.347. The quantitative estimate of drug-likeness (QED) is 0.574. The SMILES string of the molecule is N#Cc1cccc(Cl)c1-n1cc2c(Nc3cc(N)ncn3)nccc2n1. The fourth-order valence-electron chi connectivity index (χ4n) is 2.56. The maximum Gasteiger partial charge on any atom is 0.142 e. The Balaban J connectivity index is 1.83. The predicted octanol–water partition coefficient (Wildman–Crippen LogP) is 3.06. The molecule has 0 aliphatic heterocycles. The van der Waals surface area contributed by atoms with Gasteiger partial charge in [-0.2, -0.15) is 10.4 Å². The van der Waals surface area contributed by atoms with Crippen LogP contribution in [-0.4, -0.2) is 24.7 Å². The number of rotatable bonds is 3. The van der Waals surface area contributed by atoms with E-state index in [0.29, 0.717) is 39.2 Å². The number of nitrogens with zero attached hydrogens (tertiary/aromatic N) is 6. The maximum atomic E-state index is 9.35. The lowest BCUT2D eigenvalue weighted by molar-refractivity contribution is 0.893. The van der Waals surface area contributed by atoms with E-state index in [1.165, 1.54) is 6.33 Å². The van der Waals surface area contributed by atoms with Gasteiger partial charge in [0, 0.05) is 18.5 Å². The van der Waals surface area contributed by atoms with E-state index in [4.69, 9.17) is 17.3 Å². The Morgan fingerprint density at radius 3 is 2.88 bits per heavy atom. The molecule has 126 valence electrons. The fourth-order valence-corrected chi connectivity index (χ4v) is 2.82. The average Bonchev–Trinajstić information content (AvgIpc) is 3.06. The molecule has 3 aromatic heterocycles. The second kappa shape index (κ2) is 6.31. The summed E-state index contributed by atoms with van der Waals surface area (Å²) in [7, 11) is 0. The Morgan fingerprint density at radius 2 is 2.08 bits per heavy atom. The van der Waals surface area contributed by atoms with Crippen LogP contribution in [0.5, 0.6) is 0 Å². The first-order valence-corrected chi connectivity index (χ1v) is 7.91. The Bertz CT molecular complexity index is 1160. The molecule has 0 amide bonds. The van der Waals surface area contributed by atoms with Crippen molar-refractivity contribution in [1.29, 1.82) is 5.26 Å². The second-order valence-electron chi connectivity index (χ2n) is 5.37. The molecule has 3 N–H and O–H groups in total. The van der Waals surface area contributed by atoms with Crippen LogP contribution in [0.25, 0.3) is 16.6 Å². The number of nitrogens with one attached hydrogen (secondary N) is 1. The molecule has 0 saturated heterocycles. The number of para-hydroxylation sites is 1. The van der Waals surface area contributed by atoms with Crippen LogP contribution in [-0.2, 0) is 0 Å². The zero-order chi connectivity index (χ0) is 18.1. The van der Waals surface area contributed by atoms with Crippen LogP contribution in [0.3, 0.4) is 0 Å². The summed E-state index contributed by atoms with van der Waals surface area (Å²) >= 11 is 6.28. The zero-order valence-electron chi connectivity index (χ0n) is 13.3. The van der Waals surface area contributed by atoms with E-state index in [2.05, 4.69) is 31.4 Å². The van der Waals surface area contributed by atoms with Gasteiger partial charge in [0.1, 0.15) is 35.5 Å². The van der Waals surface area contributed by atoms with E-state index < -0.39 is 0 Å². The van der Waals surface area contributed by atoms with Crippen LogP contribution in [0.4, 0.5) is 17.5 Å². The monoisotopic (exact) mass is 362 g/mol. The van der Waals surface area contributed by atoms with E-state index in [1.54, 1.807) is 47.4 Å². The van der Waals surface area contributed by atoms with Crippen molar-refractivity contribution in [3.63, 3.8) is 0 Å². The van der Waals surface area contributed by atoms with Crippen LogP contribution >= 0.6 is 11.6 Å². The van der Waals surface area contributed by atoms with Gasteiger partial charge in [-0.1, -0.05) is 17.7 Å². The van der Waals surface area contributed by atoms with Gasteiger partial charge in [0.2, 0.25) is 0 Å². The normalized spacial score (nSPS) is 10.6. The topological polar surface area (TPSA) is 118 Å². The van der Waals surface area contributed by atoms with E-state index >= 15 is 0 Å². The molecule has 4 aromatic rings. The van der Waals surface area contributed by atoms with Gasteiger partial charge < -0.3 is 11.1 Å². The van der Waals surface area contributed by atoms with Crippen molar-refractivity contribution in [3.05, 3.63) is 59.6 Å². The van der Waals surface area contributed by atoms with Gasteiger partial charge in [0.05, 0.1) is 21.5 Å². The molecule has 8 nitrogen and oxygen atoms in total. The molecular formula is C17H11ClN8. The van der Waals surface area contributed by atoms with Crippen LogP contribution in [0, 0.1) is 11.3 Å². The Kier molecular flexibility index (Phi) is 3.84. The summed E-state index contributed by atoms with van der Waals surface area (Å²) in [5.74, 6) is 1.42. The molecule has 26 heavy (non-hydrogen) atoms. The number of hydrogen-bond donors (Lipinski definition) is 2. The van der Waals surface area contributed by atoms with E-state index in [1.807, 2.05) is 0 Å². The highest BCUT2D eigenvalue weighted by Gasteiger charge is 2.14. The molecule has 3 heterocycles. The first-order valence-electron chi connectivity index (χ1n) is 7.53. The number of anilines is 3. The largest absolute Gasteiger partial charge is 0.384 e. The molecule has 0 aliphatic carbocycles. The number of benzene rings is 1. The predicted molar refractivity (Wildman–Crippen MR) is 98.3 cm³/mol. The molecule has 0 fully saturated rings. The number of pyridine rings is 1. The van der Waals surface area contributed by atoms with Crippen molar-refractivity contribution >= 4 is 40.0 Å². The molecule has 1 aromatic carbocycles. The molecule has 0 unspecified atom stereocenters. The maximum absolute atomic E-state index is 9.35. The first-order chi connectivity index (χ1) is 12.7. The molecule has 0 spiro atoms. The number of nitrogens with two attached hydrogens (primary N) is 1. The lowest BCUT2D eigenvalue weighted by atomic mass is 10.2. The summed E-state index contributed by atoms with van der Waals surface area (Å²) in [5.41, 5.74) is 7.31. The molecule has 0 bridgehead atoms. The molecule has 9 heteroatoms. The Hall–Kier alpha value is -3.70. The van der Waals surface area contributed by atoms with E-state index in [-0.39, 0.29) is 0 Å². The molecule has 0 saturated carbocycles. The van der Waals surface area contributed by atoms with Gasteiger partial charge >= 0.3 is 0 Å². The van der Waals surface area contributed by atoms with Crippen molar-refractivity contribution in [3.8, 4) is 11.8 Å². The van der Waals surface area contributed by atoms with Gasteiger partial charge in [0.25, 0.3) is 0 Å². The minimum Gasteiger partial charge on any atom is -0.384 e. The summed E-state index contributed by atoms with van der Waals surface area (Å²) in [6, 6.07) is 10.6. The number of halogens is 1. The smallest absolute Gasteiger partial charge is 0.142 e. The van der Waals surface area contributed by atoms with E-state index in [9.17, 15) is 5.26 Å². The van der Waals surface area contributed by atoms with Crippen LogP contribution in [0.2, 0.25) is 5.02 Å². The highest BCUT2D eigenvalue weighted by Crippen LogP contribution is 2.28. The summed E-state index contributed by atoms with van der Waals surface area (Å²) in [4.78, 5) is 12.3. The van der Waals surface area contributed by atoms with Crippen LogP contribution in [0.1, 0.15) is 5.56 Å². The first kappa shape index (κ1) is 15.8.